The first kappa shape index (κ1) is 30.5. The number of imidazole rings is 1. The van der Waals surface area contributed by atoms with Gasteiger partial charge in [0.2, 0.25) is 11.8 Å². The fourth-order valence-corrected chi connectivity index (χ4v) is 6.01. The highest BCUT2D eigenvalue weighted by atomic mass is 32.2. The lowest BCUT2D eigenvalue weighted by Crippen LogP contribution is -2.45. The van der Waals surface area contributed by atoms with Gasteiger partial charge >= 0.3 is 6.18 Å². The number of benzene rings is 1. The third-order valence-electron chi connectivity index (χ3n) is 7.54. The Morgan fingerprint density at radius 1 is 0.978 bits per heavy atom. The van der Waals surface area contributed by atoms with E-state index in [4.69, 9.17) is 9.15 Å². The van der Waals surface area contributed by atoms with E-state index in [2.05, 4.69) is 41.7 Å². The van der Waals surface area contributed by atoms with Crippen molar-refractivity contribution in [3.05, 3.63) is 72.5 Å². The number of piperazine rings is 1. The second-order valence-electron chi connectivity index (χ2n) is 10.6. The minimum Gasteiger partial charge on any atom is -0.480 e. The van der Waals surface area contributed by atoms with Crippen molar-refractivity contribution in [2.45, 2.75) is 17.5 Å². The van der Waals surface area contributed by atoms with Crippen molar-refractivity contribution in [1.29, 1.82) is 0 Å². The highest BCUT2D eigenvalue weighted by Gasteiger charge is 2.31. The van der Waals surface area contributed by atoms with Gasteiger partial charge < -0.3 is 19.0 Å². The van der Waals surface area contributed by atoms with Crippen LogP contribution in [0.2, 0.25) is 0 Å². The Kier molecular flexibility index (Phi) is 8.20. The van der Waals surface area contributed by atoms with Crippen molar-refractivity contribution in [3.63, 3.8) is 0 Å². The van der Waals surface area contributed by atoms with E-state index in [0.717, 1.165) is 44.9 Å². The number of aromatic nitrogens is 5. The number of rotatable bonds is 9. The molecule has 0 unspecified atom stereocenters. The maximum absolute atomic E-state index is 13.1. The molecule has 0 amide bonds. The van der Waals surface area contributed by atoms with E-state index in [9.17, 15) is 21.6 Å². The number of pyridine rings is 2. The number of nitrogens with zero attached hydrogens (tertiary/aromatic N) is 7. The van der Waals surface area contributed by atoms with Gasteiger partial charge in [0.1, 0.15) is 17.0 Å². The summed E-state index contributed by atoms with van der Waals surface area (Å²) in [6, 6.07) is 8.28. The standard InChI is InChI=1S/C29H29F3N8O4S/c1-38-11-13-39(14-12-38)10-9-26-35-36-28(44-26)24-17-33-25-8-3-19(18-40(24)25)20-15-23(27(43-2)34-16-20)37-45(41,42)22-6-4-21(5-7-22)29(30,31)32/h3-8,15-18,37H,9-14H2,1-2H3. The lowest BCUT2D eigenvalue weighted by Gasteiger charge is -2.31. The average molecular weight is 643 g/mol. The van der Waals surface area contributed by atoms with Crippen LogP contribution in [0.1, 0.15) is 11.5 Å². The van der Waals surface area contributed by atoms with Crippen molar-refractivity contribution in [2.24, 2.45) is 0 Å². The first-order valence-corrected chi connectivity index (χ1v) is 15.4. The molecule has 0 aliphatic carbocycles. The molecule has 12 nitrogen and oxygen atoms in total. The van der Waals surface area contributed by atoms with Gasteiger partial charge in [-0.05, 0) is 49.5 Å². The van der Waals surface area contributed by atoms with Crippen LogP contribution in [0, 0.1) is 0 Å². The summed E-state index contributed by atoms with van der Waals surface area (Å²) in [7, 11) is -0.836. The molecule has 0 atom stereocenters. The largest absolute Gasteiger partial charge is 0.480 e. The monoisotopic (exact) mass is 642 g/mol. The molecule has 236 valence electrons. The zero-order valence-corrected chi connectivity index (χ0v) is 25.1. The van der Waals surface area contributed by atoms with Gasteiger partial charge in [0.15, 0.2) is 0 Å². The van der Waals surface area contributed by atoms with Crippen LogP contribution in [0.15, 0.2) is 70.4 Å². The predicted octanol–water partition coefficient (Wildman–Crippen LogP) is 4.06. The Labute approximate surface area is 256 Å². The number of hydrogen-bond donors (Lipinski definition) is 1. The molecule has 0 bridgehead atoms. The van der Waals surface area contributed by atoms with E-state index in [1.807, 2.05) is 0 Å². The number of alkyl halides is 3. The number of halogens is 3. The van der Waals surface area contributed by atoms with E-state index in [0.29, 0.717) is 52.8 Å². The average Bonchev–Trinajstić information content (AvgIpc) is 3.67. The van der Waals surface area contributed by atoms with Crippen LogP contribution >= 0.6 is 0 Å². The summed E-state index contributed by atoms with van der Waals surface area (Å²) in [5.41, 5.74) is 1.43. The number of sulfonamides is 1. The number of nitrogens with one attached hydrogen (secondary N) is 1. The van der Waals surface area contributed by atoms with Crippen molar-refractivity contribution < 1.29 is 30.7 Å². The lowest BCUT2D eigenvalue weighted by molar-refractivity contribution is -0.137. The molecule has 1 aliphatic heterocycles. The first-order chi connectivity index (χ1) is 21.5. The number of fused-ring (bicyclic) bond motifs is 1. The molecule has 5 aromatic rings. The minimum atomic E-state index is -4.59. The molecule has 4 aromatic heterocycles. The summed E-state index contributed by atoms with van der Waals surface area (Å²) in [5.74, 6) is 0.818. The van der Waals surface area contributed by atoms with Crippen molar-refractivity contribution in [3.8, 4) is 28.6 Å². The topological polar surface area (TPSA) is 131 Å². The quantitative estimate of drug-likeness (QED) is 0.251. The molecule has 1 N–H and O–H groups in total. The minimum absolute atomic E-state index is 0.00254. The van der Waals surface area contributed by atoms with Crippen LogP contribution in [-0.4, -0.2) is 89.7 Å². The normalized spacial score (nSPS) is 15.0. The highest BCUT2D eigenvalue weighted by Crippen LogP contribution is 2.33. The molecule has 6 rings (SSSR count). The summed E-state index contributed by atoms with van der Waals surface area (Å²) >= 11 is 0. The zero-order chi connectivity index (χ0) is 31.8. The molecule has 5 heterocycles. The van der Waals surface area contributed by atoms with Gasteiger partial charge in [-0.15, -0.1) is 10.2 Å². The second-order valence-corrected chi connectivity index (χ2v) is 12.3. The van der Waals surface area contributed by atoms with E-state index >= 15 is 0 Å². The fourth-order valence-electron chi connectivity index (χ4n) is 4.97. The van der Waals surface area contributed by atoms with Crippen LogP contribution in [0.3, 0.4) is 0 Å². The molecular formula is C29H29F3N8O4S. The van der Waals surface area contributed by atoms with Crippen molar-refractivity contribution >= 4 is 21.4 Å². The second kappa shape index (κ2) is 12.1. The van der Waals surface area contributed by atoms with Crippen LogP contribution in [0.4, 0.5) is 18.9 Å². The highest BCUT2D eigenvalue weighted by molar-refractivity contribution is 7.92. The van der Waals surface area contributed by atoms with E-state index in [1.54, 1.807) is 28.9 Å². The van der Waals surface area contributed by atoms with Gasteiger partial charge in [-0.3, -0.25) is 9.12 Å². The molecule has 1 aliphatic rings. The Morgan fingerprint density at radius 2 is 1.73 bits per heavy atom. The third-order valence-corrected chi connectivity index (χ3v) is 8.92. The lowest BCUT2D eigenvalue weighted by atomic mass is 10.1. The number of hydrogen-bond acceptors (Lipinski definition) is 10. The van der Waals surface area contributed by atoms with Gasteiger partial charge in [-0.1, -0.05) is 0 Å². The number of likely N-dealkylation sites (N-methyl/N-ethyl adjacent to an activating group) is 1. The van der Waals surface area contributed by atoms with Gasteiger partial charge in [-0.25, -0.2) is 18.4 Å². The van der Waals surface area contributed by atoms with Gasteiger partial charge in [0.25, 0.3) is 15.9 Å². The number of methoxy groups -OCH3 is 1. The number of ether oxygens (including phenoxy) is 1. The maximum atomic E-state index is 13.1. The Balaban J connectivity index is 1.24. The molecule has 1 fully saturated rings. The molecular weight excluding hydrogens is 613 g/mol. The summed E-state index contributed by atoms with van der Waals surface area (Å²) in [5, 5.41) is 8.47. The van der Waals surface area contributed by atoms with Crippen LogP contribution in [0.25, 0.3) is 28.4 Å². The van der Waals surface area contributed by atoms with Crippen LogP contribution in [-0.2, 0) is 22.6 Å². The Hall–Kier alpha value is -4.54. The van der Waals surface area contributed by atoms with Gasteiger partial charge in [-0.2, -0.15) is 13.2 Å². The smallest absolute Gasteiger partial charge is 0.416 e. The van der Waals surface area contributed by atoms with Crippen molar-refractivity contribution in [2.75, 3.05) is 51.6 Å². The van der Waals surface area contributed by atoms with Crippen LogP contribution in [0.5, 0.6) is 5.88 Å². The zero-order valence-electron chi connectivity index (χ0n) is 24.3. The van der Waals surface area contributed by atoms with Crippen molar-refractivity contribution in [1.82, 2.24) is 34.4 Å². The maximum Gasteiger partial charge on any atom is 0.416 e. The van der Waals surface area contributed by atoms with Gasteiger partial charge in [0.05, 0.1) is 23.8 Å². The first-order valence-electron chi connectivity index (χ1n) is 14.0. The van der Waals surface area contributed by atoms with E-state index < -0.39 is 21.8 Å². The molecule has 16 heteroatoms. The summed E-state index contributed by atoms with van der Waals surface area (Å²) in [6.45, 7) is 4.85. The van der Waals surface area contributed by atoms with Gasteiger partial charge in [0, 0.05) is 62.7 Å². The summed E-state index contributed by atoms with van der Waals surface area (Å²) < 4.78 is 80.4. The van der Waals surface area contributed by atoms with E-state index in [-0.39, 0.29) is 16.5 Å². The Bertz CT molecular complexity index is 1920. The summed E-state index contributed by atoms with van der Waals surface area (Å²) in [4.78, 5) is 13.0. The molecule has 1 saturated heterocycles. The fraction of sp³-hybridized carbons (Fsp3) is 0.310. The van der Waals surface area contributed by atoms with E-state index in [1.165, 1.54) is 19.4 Å². The van der Waals surface area contributed by atoms with Crippen LogP contribution < -0.4 is 9.46 Å². The molecule has 0 spiro atoms. The molecule has 45 heavy (non-hydrogen) atoms. The SMILES string of the molecule is COc1ncc(-c2ccc3ncc(-c4nnc(CCN5CCN(C)CC5)o4)n3c2)cc1NS(=O)(=O)c1ccc(C(F)(F)F)cc1. The molecule has 1 aromatic carbocycles. The Morgan fingerprint density at radius 3 is 2.44 bits per heavy atom. The predicted molar refractivity (Wildman–Crippen MR) is 158 cm³/mol. The summed E-state index contributed by atoms with van der Waals surface area (Å²) in [6.07, 6.45) is 0.955. The molecule has 0 saturated carbocycles. The third kappa shape index (κ3) is 6.62. The number of anilines is 1. The molecule has 0 radical (unpaired) electrons.